The van der Waals surface area contributed by atoms with Gasteiger partial charge in [0.2, 0.25) is 5.91 Å². The standard InChI is InChI=1S/C23H29N3O3S2/c1-4-18-10-8-13-20-22(18)24-23(30-20)26(16-15-25(2)3)21(27)14-9-17-31(28,29)19-11-6-5-7-12-19/h5-8,10-13H,4,9,14-17H2,1-3H3. The molecule has 0 N–H and O–H groups in total. The summed E-state index contributed by atoms with van der Waals surface area (Å²) >= 11 is 1.51. The van der Waals surface area contributed by atoms with Gasteiger partial charge in [0.05, 0.1) is 20.9 Å². The highest BCUT2D eigenvalue weighted by atomic mass is 32.2. The van der Waals surface area contributed by atoms with Gasteiger partial charge in [0.1, 0.15) is 0 Å². The monoisotopic (exact) mass is 459 g/mol. The fraction of sp³-hybridized carbons (Fsp3) is 0.391. The molecule has 0 aliphatic heterocycles. The number of carbonyl (C=O) groups is 1. The van der Waals surface area contributed by atoms with Gasteiger partial charge >= 0.3 is 0 Å². The van der Waals surface area contributed by atoms with Gasteiger partial charge in [-0.25, -0.2) is 13.4 Å². The zero-order chi connectivity index (χ0) is 22.4. The van der Waals surface area contributed by atoms with E-state index in [4.69, 9.17) is 4.98 Å². The fourth-order valence-corrected chi connectivity index (χ4v) is 5.70. The molecule has 1 amide bonds. The summed E-state index contributed by atoms with van der Waals surface area (Å²) in [5.74, 6) is -0.147. The SMILES string of the molecule is CCc1cccc2sc(N(CCN(C)C)C(=O)CCCS(=O)(=O)c3ccccc3)nc12. The number of hydrogen-bond acceptors (Lipinski definition) is 6. The number of rotatable bonds is 10. The quantitative estimate of drug-likeness (QED) is 0.458. The van der Waals surface area contributed by atoms with E-state index >= 15 is 0 Å². The molecule has 3 rings (SSSR count). The Morgan fingerprint density at radius 3 is 2.45 bits per heavy atom. The Morgan fingerprint density at radius 1 is 1.03 bits per heavy atom. The van der Waals surface area contributed by atoms with Gasteiger partial charge in [-0.1, -0.05) is 48.6 Å². The number of aromatic nitrogens is 1. The lowest BCUT2D eigenvalue weighted by atomic mass is 10.1. The fourth-order valence-electron chi connectivity index (χ4n) is 3.32. The first-order valence-electron chi connectivity index (χ1n) is 10.4. The van der Waals surface area contributed by atoms with Crippen LogP contribution in [0.25, 0.3) is 10.2 Å². The summed E-state index contributed by atoms with van der Waals surface area (Å²) in [6.07, 6.45) is 1.32. The van der Waals surface area contributed by atoms with E-state index in [-0.39, 0.29) is 24.5 Å². The summed E-state index contributed by atoms with van der Waals surface area (Å²) in [5, 5.41) is 0.675. The van der Waals surface area contributed by atoms with E-state index < -0.39 is 9.84 Å². The second-order valence-electron chi connectivity index (χ2n) is 7.70. The molecule has 0 unspecified atom stereocenters. The molecule has 1 heterocycles. The molecule has 8 heteroatoms. The average molecular weight is 460 g/mol. The normalized spacial score (nSPS) is 11.9. The van der Waals surface area contributed by atoms with Gasteiger partial charge in [-0.3, -0.25) is 9.69 Å². The van der Waals surface area contributed by atoms with Gasteiger partial charge in [0, 0.05) is 19.5 Å². The maximum Gasteiger partial charge on any atom is 0.228 e. The van der Waals surface area contributed by atoms with Crippen molar-refractivity contribution in [1.82, 2.24) is 9.88 Å². The number of hydrogen-bond donors (Lipinski definition) is 0. The number of fused-ring (bicyclic) bond motifs is 1. The lowest BCUT2D eigenvalue weighted by Crippen LogP contribution is -2.36. The third kappa shape index (κ3) is 5.90. The van der Waals surface area contributed by atoms with Crippen molar-refractivity contribution in [3.63, 3.8) is 0 Å². The molecule has 0 atom stereocenters. The molecular formula is C23H29N3O3S2. The number of sulfone groups is 1. The van der Waals surface area contributed by atoms with Crippen molar-refractivity contribution in [2.75, 3.05) is 37.8 Å². The first-order valence-corrected chi connectivity index (χ1v) is 12.9. The summed E-state index contributed by atoms with van der Waals surface area (Å²) in [5.41, 5.74) is 2.10. The molecule has 0 saturated heterocycles. The van der Waals surface area contributed by atoms with Gasteiger partial charge in [-0.05, 0) is 50.7 Å². The Labute approximate surface area is 188 Å². The Bertz CT molecular complexity index is 1130. The number of benzene rings is 2. The van der Waals surface area contributed by atoms with Crippen LogP contribution in [0.1, 0.15) is 25.3 Å². The molecule has 0 spiro atoms. The highest BCUT2D eigenvalue weighted by molar-refractivity contribution is 7.91. The summed E-state index contributed by atoms with van der Waals surface area (Å²) < 4.78 is 26.1. The van der Waals surface area contributed by atoms with Crippen LogP contribution in [0.3, 0.4) is 0 Å². The molecule has 3 aromatic rings. The molecule has 166 valence electrons. The number of para-hydroxylation sites is 1. The molecule has 0 aliphatic rings. The van der Waals surface area contributed by atoms with Crippen LogP contribution in [0.4, 0.5) is 5.13 Å². The number of nitrogens with zero attached hydrogens (tertiary/aromatic N) is 3. The third-order valence-corrected chi connectivity index (χ3v) is 7.94. The first-order chi connectivity index (χ1) is 14.8. The van der Waals surface area contributed by atoms with Crippen LogP contribution in [0.15, 0.2) is 53.4 Å². The number of likely N-dealkylation sites (N-methyl/N-ethyl adjacent to an activating group) is 1. The summed E-state index contributed by atoms with van der Waals surface area (Å²) in [4.78, 5) is 21.9. The van der Waals surface area contributed by atoms with E-state index in [9.17, 15) is 13.2 Å². The Balaban J connectivity index is 1.75. The molecule has 0 bridgehead atoms. The Morgan fingerprint density at radius 2 is 1.77 bits per heavy atom. The number of anilines is 1. The number of carbonyl (C=O) groups excluding carboxylic acids is 1. The largest absolute Gasteiger partial charge is 0.308 e. The van der Waals surface area contributed by atoms with Crippen molar-refractivity contribution in [2.45, 2.75) is 31.1 Å². The highest BCUT2D eigenvalue weighted by Crippen LogP contribution is 2.31. The molecule has 0 fully saturated rings. The minimum Gasteiger partial charge on any atom is -0.308 e. The van der Waals surface area contributed by atoms with Crippen LogP contribution in [-0.2, 0) is 21.1 Å². The minimum absolute atomic E-state index is 0.0515. The number of thiazole rings is 1. The summed E-state index contributed by atoms with van der Waals surface area (Å²) in [7, 11) is 0.528. The molecule has 0 radical (unpaired) electrons. The number of aryl methyl sites for hydroxylation is 1. The predicted octanol–water partition coefficient (Wildman–Crippen LogP) is 4.01. The molecular weight excluding hydrogens is 430 g/mol. The van der Waals surface area contributed by atoms with Crippen LogP contribution < -0.4 is 4.90 Å². The van der Waals surface area contributed by atoms with Gasteiger partial charge in [0.25, 0.3) is 0 Å². The van der Waals surface area contributed by atoms with Gasteiger partial charge in [-0.2, -0.15) is 0 Å². The van der Waals surface area contributed by atoms with Crippen molar-refractivity contribution >= 4 is 42.4 Å². The highest BCUT2D eigenvalue weighted by Gasteiger charge is 2.22. The third-order valence-electron chi connectivity index (χ3n) is 5.08. The summed E-state index contributed by atoms with van der Waals surface area (Å²) in [6.45, 7) is 3.30. The van der Waals surface area contributed by atoms with E-state index in [1.54, 1.807) is 35.2 Å². The van der Waals surface area contributed by atoms with E-state index in [2.05, 4.69) is 13.0 Å². The van der Waals surface area contributed by atoms with Crippen molar-refractivity contribution in [1.29, 1.82) is 0 Å². The lowest BCUT2D eigenvalue weighted by molar-refractivity contribution is -0.118. The number of amides is 1. The van der Waals surface area contributed by atoms with Crippen molar-refractivity contribution in [3.8, 4) is 0 Å². The van der Waals surface area contributed by atoms with E-state index in [0.717, 1.165) is 22.2 Å². The van der Waals surface area contributed by atoms with Crippen LogP contribution in [0.5, 0.6) is 0 Å². The maximum absolute atomic E-state index is 13.1. The molecule has 1 aromatic heterocycles. The zero-order valence-electron chi connectivity index (χ0n) is 18.2. The second kappa shape index (κ2) is 10.3. The van der Waals surface area contributed by atoms with Gasteiger partial charge in [0.15, 0.2) is 15.0 Å². The van der Waals surface area contributed by atoms with E-state index in [0.29, 0.717) is 23.1 Å². The van der Waals surface area contributed by atoms with Crippen LogP contribution in [-0.4, -0.2) is 57.1 Å². The van der Waals surface area contributed by atoms with E-state index in [1.807, 2.05) is 31.1 Å². The Hall–Kier alpha value is -2.29. The van der Waals surface area contributed by atoms with Gasteiger partial charge in [-0.15, -0.1) is 0 Å². The topological polar surface area (TPSA) is 70.6 Å². The maximum atomic E-state index is 13.1. The summed E-state index contributed by atoms with van der Waals surface area (Å²) in [6, 6.07) is 14.5. The Kier molecular flexibility index (Phi) is 7.80. The van der Waals surface area contributed by atoms with E-state index in [1.165, 1.54) is 11.3 Å². The molecule has 31 heavy (non-hydrogen) atoms. The van der Waals surface area contributed by atoms with Crippen molar-refractivity contribution in [3.05, 3.63) is 54.1 Å². The smallest absolute Gasteiger partial charge is 0.228 e. The van der Waals surface area contributed by atoms with Crippen molar-refractivity contribution in [2.24, 2.45) is 0 Å². The van der Waals surface area contributed by atoms with Crippen LogP contribution >= 0.6 is 11.3 Å². The predicted molar refractivity (Wildman–Crippen MR) is 128 cm³/mol. The second-order valence-corrected chi connectivity index (χ2v) is 10.8. The molecule has 6 nitrogen and oxygen atoms in total. The van der Waals surface area contributed by atoms with Gasteiger partial charge < -0.3 is 4.90 Å². The minimum atomic E-state index is -3.39. The lowest BCUT2D eigenvalue weighted by Gasteiger charge is -2.22. The van der Waals surface area contributed by atoms with Crippen LogP contribution in [0, 0.1) is 0 Å². The zero-order valence-corrected chi connectivity index (χ0v) is 19.9. The van der Waals surface area contributed by atoms with Crippen LogP contribution in [0.2, 0.25) is 0 Å². The van der Waals surface area contributed by atoms with Crippen molar-refractivity contribution < 1.29 is 13.2 Å². The first kappa shape index (κ1) is 23.4. The average Bonchev–Trinajstić information content (AvgIpc) is 3.18. The molecule has 2 aromatic carbocycles. The molecule has 0 saturated carbocycles. The molecule has 0 aliphatic carbocycles.